The lowest BCUT2D eigenvalue weighted by Crippen LogP contribution is -2.13. The Kier molecular flexibility index (Phi) is 4.09. The van der Waals surface area contributed by atoms with Crippen molar-refractivity contribution in [2.24, 2.45) is 0 Å². The Morgan fingerprint density at radius 1 is 1.26 bits per heavy atom. The Labute approximate surface area is 159 Å². The Morgan fingerprint density at radius 2 is 2.07 bits per heavy atom. The van der Waals surface area contributed by atoms with Gasteiger partial charge in [-0.2, -0.15) is 0 Å². The molecule has 3 heterocycles. The predicted octanol–water partition coefficient (Wildman–Crippen LogP) is 3.72. The highest BCUT2D eigenvalue weighted by Crippen LogP contribution is 2.28. The first-order chi connectivity index (χ1) is 12.9. The minimum atomic E-state index is -0.576. The van der Waals surface area contributed by atoms with Gasteiger partial charge >= 0.3 is 0 Å². The van der Waals surface area contributed by atoms with Crippen LogP contribution in [0.3, 0.4) is 0 Å². The smallest absolute Gasteiger partial charge is 0.271 e. The van der Waals surface area contributed by atoms with Crippen LogP contribution in [0.5, 0.6) is 0 Å². The van der Waals surface area contributed by atoms with E-state index in [0.717, 1.165) is 17.4 Å². The maximum Gasteiger partial charge on any atom is 0.271 e. The third-order valence-electron chi connectivity index (χ3n) is 3.85. The molecule has 8 nitrogen and oxygen atoms in total. The summed E-state index contributed by atoms with van der Waals surface area (Å²) in [6.45, 7) is 0. The van der Waals surface area contributed by atoms with E-state index in [0.29, 0.717) is 15.9 Å². The van der Waals surface area contributed by atoms with Gasteiger partial charge in [-0.25, -0.2) is 4.98 Å². The number of fused-ring (bicyclic) bond motifs is 2. The van der Waals surface area contributed by atoms with Crippen molar-refractivity contribution in [3.8, 4) is 0 Å². The van der Waals surface area contributed by atoms with Gasteiger partial charge in [0, 0.05) is 18.3 Å². The summed E-state index contributed by atoms with van der Waals surface area (Å²) in [6.07, 6.45) is 1.61. The molecular formula is C17H9ClN4O4S. The number of thiophene rings is 1. The number of carbonyl (C=O) groups is 1. The maximum atomic E-state index is 12.6. The second-order valence-electron chi connectivity index (χ2n) is 5.55. The van der Waals surface area contributed by atoms with Crippen molar-refractivity contribution in [3.63, 3.8) is 0 Å². The highest BCUT2D eigenvalue weighted by molar-refractivity contribution is 7.20. The van der Waals surface area contributed by atoms with Gasteiger partial charge in [-0.1, -0.05) is 17.7 Å². The van der Waals surface area contributed by atoms with Gasteiger partial charge in [-0.15, -0.1) is 11.3 Å². The van der Waals surface area contributed by atoms with Crippen LogP contribution in [0.4, 0.5) is 11.4 Å². The molecule has 1 N–H and O–H groups in total. The van der Waals surface area contributed by atoms with Gasteiger partial charge in [-0.3, -0.25) is 24.1 Å². The molecule has 1 amide bonds. The van der Waals surface area contributed by atoms with Crippen molar-refractivity contribution in [3.05, 3.63) is 79.0 Å². The van der Waals surface area contributed by atoms with Crippen LogP contribution in [0.15, 0.2) is 53.5 Å². The monoisotopic (exact) mass is 400 g/mol. The number of rotatable bonds is 3. The second kappa shape index (κ2) is 6.45. The average Bonchev–Trinajstić information content (AvgIpc) is 3.08. The molecule has 0 unspecified atom stereocenters. The predicted molar refractivity (Wildman–Crippen MR) is 103 cm³/mol. The van der Waals surface area contributed by atoms with Crippen LogP contribution in [-0.2, 0) is 0 Å². The molecule has 0 atom stereocenters. The Balaban J connectivity index is 1.71. The molecular weight excluding hydrogens is 392 g/mol. The van der Waals surface area contributed by atoms with Crippen LogP contribution < -0.4 is 10.9 Å². The van der Waals surface area contributed by atoms with Crippen molar-refractivity contribution < 1.29 is 9.72 Å². The zero-order valence-electron chi connectivity index (χ0n) is 13.4. The number of hydrogen-bond acceptors (Lipinski definition) is 6. The molecule has 0 aliphatic rings. The molecule has 0 aliphatic carbocycles. The quantitative estimate of drug-likeness (QED) is 0.416. The minimum Gasteiger partial charge on any atom is -0.320 e. The number of anilines is 1. The van der Waals surface area contributed by atoms with Crippen LogP contribution in [0, 0.1) is 10.1 Å². The molecule has 3 aromatic heterocycles. The molecule has 0 spiro atoms. The van der Waals surface area contributed by atoms with Gasteiger partial charge in [0.1, 0.15) is 10.5 Å². The van der Waals surface area contributed by atoms with Gasteiger partial charge in [0.2, 0.25) is 0 Å². The number of halogens is 1. The average molecular weight is 401 g/mol. The van der Waals surface area contributed by atoms with E-state index in [9.17, 15) is 19.7 Å². The molecule has 0 radical (unpaired) electrons. The largest absolute Gasteiger partial charge is 0.320 e. The molecule has 4 rings (SSSR count). The summed E-state index contributed by atoms with van der Waals surface area (Å²) in [7, 11) is 0. The third kappa shape index (κ3) is 3.03. The number of carbonyl (C=O) groups excluding carboxylic acids is 1. The number of pyridine rings is 1. The summed E-state index contributed by atoms with van der Waals surface area (Å²) in [5.41, 5.74) is 0.282. The molecule has 0 saturated carbocycles. The molecule has 1 aromatic carbocycles. The Bertz CT molecular complexity index is 1300. The van der Waals surface area contributed by atoms with E-state index in [2.05, 4.69) is 10.3 Å². The van der Waals surface area contributed by atoms with E-state index in [4.69, 9.17) is 11.6 Å². The molecule has 4 aromatic rings. The normalized spacial score (nSPS) is 11.0. The molecule has 10 heteroatoms. The van der Waals surface area contributed by atoms with Crippen LogP contribution in [0.1, 0.15) is 9.67 Å². The minimum absolute atomic E-state index is 0.0441. The number of hydrogen-bond donors (Lipinski definition) is 1. The maximum absolute atomic E-state index is 12.6. The van der Waals surface area contributed by atoms with E-state index in [1.807, 2.05) is 0 Å². The number of nitrogens with one attached hydrogen (secondary N) is 1. The SMILES string of the molecule is O=C(Nc1ccc([N+](=O)[O-])cc1Cl)c1cc2c(=O)n3ccccc3nc2s1. The molecule has 134 valence electrons. The van der Waals surface area contributed by atoms with Crippen LogP contribution in [0.2, 0.25) is 5.02 Å². The summed E-state index contributed by atoms with van der Waals surface area (Å²) < 4.78 is 1.41. The lowest BCUT2D eigenvalue weighted by atomic mass is 10.2. The number of non-ortho nitro benzene ring substituents is 1. The summed E-state index contributed by atoms with van der Waals surface area (Å²) >= 11 is 7.08. The first-order valence-corrected chi connectivity index (χ1v) is 8.80. The Hall–Kier alpha value is -3.30. The van der Waals surface area contributed by atoms with Crippen LogP contribution in [0.25, 0.3) is 15.9 Å². The van der Waals surface area contributed by atoms with Gasteiger partial charge in [0.05, 0.1) is 25.9 Å². The third-order valence-corrected chi connectivity index (χ3v) is 5.19. The number of nitro groups is 1. The lowest BCUT2D eigenvalue weighted by molar-refractivity contribution is -0.384. The number of aromatic nitrogens is 2. The van der Waals surface area contributed by atoms with Crippen molar-refractivity contribution in [1.82, 2.24) is 9.38 Å². The zero-order chi connectivity index (χ0) is 19.1. The molecule has 27 heavy (non-hydrogen) atoms. The summed E-state index contributed by atoms with van der Waals surface area (Å²) in [5, 5.41) is 13.7. The van der Waals surface area contributed by atoms with E-state index in [-0.39, 0.29) is 26.8 Å². The van der Waals surface area contributed by atoms with E-state index < -0.39 is 10.8 Å². The highest BCUT2D eigenvalue weighted by atomic mass is 35.5. The summed E-state index contributed by atoms with van der Waals surface area (Å²) in [5.74, 6) is -0.484. The Morgan fingerprint density at radius 3 is 2.81 bits per heavy atom. The lowest BCUT2D eigenvalue weighted by Gasteiger charge is -2.05. The summed E-state index contributed by atoms with van der Waals surface area (Å²) in [4.78, 5) is 40.4. The van der Waals surface area contributed by atoms with Gasteiger partial charge < -0.3 is 5.32 Å². The van der Waals surface area contributed by atoms with Crippen LogP contribution in [-0.4, -0.2) is 20.2 Å². The zero-order valence-corrected chi connectivity index (χ0v) is 15.0. The molecule has 0 bridgehead atoms. The second-order valence-corrected chi connectivity index (χ2v) is 6.99. The number of nitrogens with zero attached hydrogens (tertiary/aromatic N) is 3. The fourth-order valence-electron chi connectivity index (χ4n) is 2.56. The van der Waals surface area contributed by atoms with Crippen LogP contribution >= 0.6 is 22.9 Å². The van der Waals surface area contributed by atoms with Gasteiger partial charge in [-0.05, 0) is 24.3 Å². The first-order valence-electron chi connectivity index (χ1n) is 7.60. The standard InChI is InChI=1S/C17H9ClN4O4S/c18-11-7-9(22(25)26)4-5-12(11)19-15(23)13-8-10-16(27-13)20-14-3-1-2-6-21(14)17(10)24/h1-8H,(H,19,23). The fraction of sp³-hybridized carbons (Fsp3) is 0. The van der Waals surface area contributed by atoms with E-state index in [1.165, 1.54) is 22.6 Å². The van der Waals surface area contributed by atoms with Gasteiger partial charge in [0.15, 0.2) is 0 Å². The van der Waals surface area contributed by atoms with Crippen molar-refractivity contribution in [2.75, 3.05) is 5.32 Å². The van der Waals surface area contributed by atoms with E-state index in [1.54, 1.807) is 24.4 Å². The number of amides is 1. The van der Waals surface area contributed by atoms with Gasteiger partial charge in [0.25, 0.3) is 17.2 Å². The summed E-state index contributed by atoms with van der Waals surface area (Å²) in [6, 6.07) is 10.4. The molecule has 0 saturated heterocycles. The fourth-order valence-corrected chi connectivity index (χ4v) is 3.71. The number of nitro benzene ring substituents is 1. The van der Waals surface area contributed by atoms with E-state index >= 15 is 0 Å². The molecule has 0 fully saturated rings. The van der Waals surface area contributed by atoms with Crippen molar-refractivity contribution >= 4 is 56.1 Å². The first kappa shape index (κ1) is 17.1. The molecule has 0 aliphatic heterocycles. The topological polar surface area (TPSA) is 107 Å². The van der Waals surface area contributed by atoms with Crippen molar-refractivity contribution in [2.45, 2.75) is 0 Å². The van der Waals surface area contributed by atoms with Crippen molar-refractivity contribution in [1.29, 1.82) is 0 Å². The number of benzene rings is 1. The highest BCUT2D eigenvalue weighted by Gasteiger charge is 2.17.